The average Bonchev–Trinajstić information content (AvgIpc) is 3.54. The number of hydrogen-bond acceptors (Lipinski definition) is 11. The fourth-order valence-electron chi connectivity index (χ4n) is 5.56. The molecule has 3 aliphatic heterocycles. The quantitative estimate of drug-likeness (QED) is 0.202. The molecule has 11 nitrogen and oxygen atoms in total. The lowest BCUT2D eigenvalue weighted by Crippen LogP contribution is -2.41. The molecular weight excluding hydrogens is 640 g/mol. The van der Waals surface area contributed by atoms with Crippen molar-refractivity contribution in [2.24, 2.45) is 15.0 Å². The largest absolute Gasteiger partial charge is 0.468 e. The van der Waals surface area contributed by atoms with E-state index in [-0.39, 0.29) is 0 Å². The van der Waals surface area contributed by atoms with Crippen molar-refractivity contribution in [3.05, 3.63) is 77.7 Å². The van der Waals surface area contributed by atoms with Gasteiger partial charge in [-0.1, -0.05) is 18.2 Å². The standard InChI is InChI=1S/C40H46N8O3/c1-35(2)38(7,8)49-32(46-35)26-19-13-16-23(41-26)29-22-30(24-17-14-20-27(42-24)33-47-36(3,4)39(9,10)50-33)45-31(44-29)25-18-15-21-28(43-25)34-48-37(5,6)40(11,12)51-34/h13-22H,1-12H3. The second kappa shape index (κ2) is 11.2. The highest BCUT2D eigenvalue weighted by Crippen LogP contribution is 2.39. The first kappa shape index (κ1) is 34.4. The predicted octanol–water partition coefficient (Wildman–Crippen LogP) is 7.66. The van der Waals surface area contributed by atoms with Crippen LogP contribution in [0.15, 0.2) is 75.6 Å². The van der Waals surface area contributed by atoms with Gasteiger partial charge in [-0.3, -0.25) is 0 Å². The topological polar surface area (TPSA) is 129 Å². The van der Waals surface area contributed by atoms with Crippen LogP contribution in [0.4, 0.5) is 0 Å². The van der Waals surface area contributed by atoms with Gasteiger partial charge in [-0.05, 0) is 126 Å². The first-order valence-electron chi connectivity index (χ1n) is 17.4. The van der Waals surface area contributed by atoms with Gasteiger partial charge in [0, 0.05) is 0 Å². The molecule has 0 saturated heterocycles. The van der Waals surface area contributed by atoms with Gasteiger partial charge >= 0.3 is 0 Å². The number of nitrogens with zero attached hydrogens (tertiary/aromatic N) is 8. The van der Waals surface area contributed by atoms with Gasteiger partial charge in [0.05, 0.1) is 39.4 Å². The number of rotatable bonds is 6. The van der Waals surface area contributed by atoms with Crippen LogP contribution in [0.1, 0.15) is 100 Å². The summed E-state index contributed by atoms with van der Waals surface area (Å²) in [6.45, 7) is 24.5. The van der Waals surface area contributed by atoms with E-state index in [1.54, 1.807) is 0 Å². The van der Waals surface area contributed by atoms with Gasteiger partial charge in [-0.15, -0.1) is 0 Å². The summed E-state index contributed by atoms with van der Waals surface area (Å²) in [6, 6.07) is 19.0. The molecule has 7 heterocycles. The van der Waals surface area contributed by atoms with E-state index in [0.717, 1.165) is 0 Å². The van der Waals surface area contributed by atoms with Crippen LogP contribution in [0.2, 0.25) is 0 Å². The maximum absolute atomic E-state index is 6.30. The van der Waals surface area contributed by atoms with E-state index >= 15 is 0 Å². The Hall–Kier alpha value is -5.06. The van der Waals surface area contributed by atoms with Crippen LogP contribution in [0.25, 0.3) is 34.3 Å². The molecule has 0 aromatic carbocycles. The summed E-state index contributed by atoms with van der Waals surface area (Å²) >= 11 is 0. The number of aliphatic imine (C=N–C) groups is 3. The lowest BCUT2D eigenvalue weighted by molar-refractivity contribution is 0.0616. The van der Waals surface area contributed by atoms with Gasteiger partial charge < -0.3 is 14.2 Å². The van der Waals surface area contributed by atoms with Crippen molar-refractivity contribution < 1.29 is 14.2 Å². The van der Waals surface area contributed by atoms with E-state index in [0.29, 0.717) is 69.1 Å². The second-order valence-corrected chi connectivity index (χ2v) is 16.5. The average molecular weight is 687 g/mol. The maximum atomic E-state index is 6.30. The highest BCUT2D eigenvalue weighted by atomic mass is 16.5. The molecule has 4 aromatic rings. The number of hydrogen-bond donors (Lipinski definition) is 0. The van der Waals surface area contributed by atoms with E-state index in [1.807, 2.05) is 102 Å². The summed E-state index contributed by atoms with van der Waals surface area (Å²) in [7, 11) is 0. The molecule has 7 rings (SSSR count). The molecule has 51 heavy (non-hydrogen) atoms. The molecule has 0 unspecified atom stereocenters. The lowest BCUT2D eigenvalue weighted by atomic mass is 9.87. The van der Waals surface area contributed by atoms with Gasteiger partial charge in [0.15, 0.2) is 5.82 Å². The van der Waals surface area contributed by atoms with Crippen molar-refractivity contribution in [3.8, 4) is 34.3 Å². The summed E-state index contributed by atoms with van der Waals surface area (Å²) in [6.07, 6.45) is 0. The predicted molar refractivity (Wildman–Crippen MR) is 199 cm³/mol. The third kappa shape index (κ3) is 5.96. The Morgan fingerprint density at radius 1 is 0.353 bits per heavy atom. The third-order valence-electron chi connectivity index (χ3n) is 11.0. The minimum absolute atomic E-state index is 0.398. The van der Waals surface area contributed by atoms with Crippen LogP contribution in [-0.4, -0.2) is 76.0 Å². The summed E-state index contributed by atoms with van der Waals surface area (Å²) in [4.78, 5) is 39.6. The monoisotopic (exact) mass is 686 g/mol. The zero-order valence-electron chi connectivity index (χ0n) is 31.6. The summed E-state index contributed by atoms with van der Waals surface area (Å²) in [5.41, 5.74) is 2.08. The maximum Gasteiger partial charge on any atom is 0.236 e. The first-order chi connectivity index (χ1) is 23.7. The Kier molecular flexibility index (Phi) is 7.57. The Balaban J connectivity index is 1.35. The molecule has 0 spiro atoms. The zero-order valence-corrected chi connectivity index (χ0v) is 31.6. The Morgan fingerprint density at radius 2 is 0.647 bits per heavy atom. The Morgan fingerprint density at radius 3 is 0.961 bits per heavy atom. The van der Waals surface area contributed by atoms with E-state index in [1.165, 1.54) is 0 Å². The first-order valence-corrected chi connectivity index (χ1v) is 17.4. The van der Waals surface area contributed by atoms with Gasteiger partial charge in [0.25, 0.3) is 0 Å². The molecule has 264 valence electrons. The van der Waals surface area contributed by atoms with Gasteiger partial charge in [0.1, 0.15) is 39.6 Å². The minimum Gasteiger partial charge on any atom is -0.468 e. The van der Waals surface area contributed by atoms with Gasteiger partial charge in [0.2, 0.25) is 17.7 Å². The normalized spacial score (nSPS) is 21.5. The lowest BCUT2D eigenvalue weighted by Gasteiger charge is -2.30. The number of aromatic nitrogens is 5. The molecule has 4 aromatic heterocycles. The Labute approximate surface area is 299 Å². The fourth-order valence-corrected chi connectivity index (χ4v) is 5.56. The van der Waals surface area contributed by atoms with Crippen molar-refractivity contribution in [2.75, 3.05) is 0 Å². The van der Waals surface area contributed by atoms with Gasteiger partial charge in [-0.2, -0.15) is 0 Å². The highest BCUT2D eigenvalue weighted by Gasteiger charge is 2.48. The van der Waals surface area contributed by atoms with Crippen LogP contribution in [0.3, 0.4) is 0 Å². The van der Waals surface area contributed by atoms with Crippen molar-refractivity contribution in [1.29, 1.82) is 0 Å². The van der Waals surface area contributed by atoms with E-state index in [9.17, 15) is 0 Å². The van der Waals surface area contributed by atoms with Gasteiger partial charge in [-0.25, -0.2) is 39.9 Å². The summed E-state index contributed by atoms with van der Waals surface area (Å²) in [5, 5.41) is 0. The van der Waals surface area contributed by atoms with E-state index in [2.05, 4.69) is 41.5 Å². The molecule has 0 fully saturated rings. The molecule has 0 atom stereocenters. The SMILES string of the molecule is CC1(C)N=C(c2cccc(-c3cc(-c4cccc(C5=NC(C)(C)C(C)(C)O5)n4)nc(-c4cccc(C5=NC(C)(C)C(C)(C)O5)n4)n3)n2)OC1(C)C. The molecule has 0 saturated carbocycles. The van der Waals surface area contributed by atoms with E-state index in [4.69, 9.17) is 54.1 Å². The molecule has 0 N–H and O–H groups in total. The molecule has 0 aliphatic carbocycles. The molecule has 0 radical (unpaired) electrons. The third-order valence-corrected chi connectivity index (χ3v) is 11.0. The van der Waals surface area contributed by atoms with Crippen molar-refractivity contribution in [2.45, 2.75) is 117 Å². The smallest absolute Gasteiger partial charge is 0.236 e. The van der Waals surface area contributed by atoms with Crippen molar-refractivity contribution in [3.63, 3.8) is 0 Å². The highest BCUT2D eigenvalue weighted by molar-refractivity contribution is 5.96. The van der Waals surface area contributed by atoms with Crippen LogP contribution in [-0.2, 0) is 14.2 Å². The van der Waals surface area contributed by atoms with E-state index < -0.39 is 33.4 Å². The minimum atomic E-state index is -0.494. The molecular formula is C40H46N8O3. The number of ether oxygens (including phenoxy) is 3. The van der Waals surface area contributed by atoms with Crippen molar-refractivity contribution >= 4 is 17.7 Å². The van der Waals surface area contributed by atoms with Crippen LogP contribution < -0.4 is 0 Å². The molecule has 11 heteroatoms. The zero-order chi connectivity index (χ0) is 36.8. The Bertz CT molecular complexity index is 1910. The fraction of sp³-hybridized carbons (Fsp3) is 0.450. The molecule has 3 aliphatic rings. The molecule has 0 amide bonds. The summed E-state index contributed by atoms with van der Waals surface area (Å²) in [5.74, 6) is 1.88. The number of pyridine rings is 3. The summed E-state index contributed by atoms with van der Waals surface area (Å²) < 4.78 is 18.9. The van der Waals surface area contributed by atoms with Crippen LogP contribution in [0.5, 0.6) is 0 Å². The molecule has 0 bridgehead atoms. The van der Waals surface area contributed by atoms with Crippen LogP contribution >= 0.6 is 0 Å². The second-order valence-electron chi connectivity index (χ2n) is 16.5. The van der Waals surface area contributed by atoms with Crippen molar-refractivity contribution in [1.82, 2.24) is 24.9 Å². The van der Waals surface area contributed by atoms with Crippen LogP contribution in [0, 0.1) is 0 Å².